The van der Waals surface area contributed by atoms with Gasteiger partial charge in [-0.1, -0.05) is 25.3 Å². The van der Waals surface area contributed by atoms with E-state index in [1.807, 2.05) is 0 Å². The molecule has 1 saturated carbocycles. The van der Waals surface area contributed by atoms with Crippen molar-refractivity contribution in [2.75, 3.05) is 13.1 Å². The van der Waals surface area contributed by atoms with Gasteiger partial charge in [-0.25, -0.2) is 17.5 Å². The van der Waals surface area contributed by atoms with Crippen molar-refractivity contribution in [3.8, 4) is 0 Å². The number of Topliss-reactive ketones (excluding diaryl/α,β-unsaturated/α-hetero) is 1. The molecule has 3 aliphatic rings. The Hall–Kier alpha value is -1.84. The number of nitrogens with zero attached hydrogens (tertiary/aromatic N) is 2. The number of amides is 5. The monoisotopic (exact) mass is 548 g/mol. The van der Waals surface area contributed by atoms with Crippen LogP contribution in [-0.4, -0.2) is 70.8 Å². The first-order valence-electron chi connectivity index (χ1n) is 11.4. The van der Waals surface area contributed by atoms with E-state index >= 15 is 0 Å². The molecule has 190 valence electrons. The Morgan fingerprint density at radius 2 is 1.81 bits per heavy atom. The van der Waals surface area contributed by atoms with Crippen molar-refractivity contribution in [2.45, 2.75) is 50.6 Å². The van der Waals surface area contributed by atoms with Crippen LogP contribution in [0.4, 0.5) is 4.79 Å². The van der Waals surface area contributed by atoms with Crippen LogP contribution in [0.25, 0.3) is 0 Å². The molecule has 2 saturated heterocycles. The van der Waals surface area contributed by atoms with E-state index in [1.54, 1.807) is 17.5 Å². The van der Waals surface area contributed by atoms with Crippen molar-refractivity contribution in [1.82, 2.24) is 19.8 Å². The molecule has 4 rings (SSSR count). The number of piperidine rings is 1. The number of thiophene rings is 1. The Labute approximate surface area is 234 Å². The topological polar surface area (TPSA) is 173 Å². The van der Waals surface area contributed by atoms with Crippen molar-refractivity contribution in [2.24, 2.45) is 11.8 Å². The summed E-state index contributed by atoms with van der Waals surface area (Å²) in [6, 6.07) is -0.249. The number of ketones is 1. The van der Waals surface area contributed by atoms with Gasteiger partial charge in [0.15, 0.2) is 10.3 Å². The minimum atomic E-state index is -4.97. The molecular weight excluding hydrogens is 523 g/mol. The van der Waals surface area contributed by atoms with Crippen molar-refractivity contribution >= 4 is 51.2 Å². The molecule has 36 heavy (non-hydrogen) atoms. The van der Waals surface area contributed by atoms with Gasteiger partial charge in [0.05, 0.1) is 6.54 Å². The zero-order valence-corrected chi connectivity index (χ0v) is 23.3. The van der Waals surface area contributed by atoms with Gasteiger partial charge in [0.25, 0.3) is 11.8 Å². The summed E-state index contributed by atoms with van der Waals surface area (Å²) < 4.78 is 33.1. The van der Waals surface area contributed by atoms with E-state index in [1.165, 1.54) is 0 Å². The molecule has 3 unspecified atom stereocenters. The van der Waals surface area contributed by atoms with Gasteiger partial charge < -0.3 is 15.2 Å². The van der Waals surface area contributed by atoms with E-state index in [0.29, 0.717) is 11.3 Å². The summed E-state index contributed by atoms with van der Waals surface area (Å²) in [7, 11) is -4.97. The van der Waals surface area contributed by atoms with Gasteiger partial charge in [-0.2, -0.15) is 0 Å². The summed E-state index contributed by atoms with van der Waals surface area (Å²) in [4.78, 5) is 64.4. The number of imide groups is 1. The van der Waals surface area contributed by atoms with Crippen LogP contribution in [0.5, 0.6) is 0 Å². The second kappa shape index (κ2) is 11.7. The fourth-order valence-electron chi connectivity index (χ4n) is 4.85. The van der Waals surface area contributed by atoms with E-state index in [4.69, 9.17) is 0 Å². The first kappa shape index (κ1) is 28.7. The van der Waals surface area contributed by atoms with Crippen LogP contribution in [0.3, 0.4) is 0 Å². The first-order valence-corrected chi connectivity index (χ1v) is 13.6. The Morgan fingerprint density at radius 3 is 2.39 bits per heavy atom. The standard InChI is InChI=1S/C21H26N4O8S2.Na/c26-17-13(12-5-2-1-3-6-12)8-9-24(20(17)29)21(30)23-16(15-7-4-10-34-15)18(27)22-14-11-25(19(14)28)35(31,32)33;/h4,7,10,12-14,16H,1-3,5-6,8-9,11H2,(H,22,27)(H,23,30)(H,31,32,33);/q;+1/p-1. The minimum absolute atomic E-state index is 0. The summed E-state index contributed by atoms with van der Waals surface area (Å²) in [5.41, 5.74) is 0. The van der Waals surface area contributed by atoms with Gasteiger partial charge in [-0.3, -0.25) is 24.1 Å². The van der Waals surface area contributed by atoms with Crippen molar-refractivity contribution in [1.29, 1.82) is 0 Å². The Morgan fingerprint density at radius 1 is 1.11 bits per heavy atom. The van der Waals surface area contributed by atoms with Crippen LogP contribution >= 0.6 is 11.3 Å². The molecule has 3 atom stereocenters. The molecule has 5 amide bonds. The SMILES string of the molecule is O=C(NC1CN(S(=O)(=O)[O-])C1=O)C(NC(=O)N1CCC(C2CCCCC2)C(=O)C1=O)c1cccs1.[Na+]. The molecule has 3 fully saturated rings. The van der Waals surface area contributed by atoms with Gasteiger partial charge >= 0.3 is 35.6 Å². The Bertz CT molecular complexity index is 1140. The molecule has 2 aliphatic heterocycles. The molecule has 1 aromatic rings. The Kier molecular flexibility index (Phi) is 9.33. The number of hydrogen-bond donors (Lipinski definition) is 2. The van der Waals surface area contributed by atoms with E-state index in [0.717, 1.165) is 48.3 Å². The molecule has 12 nitrogen and oxygen atoms in total. The molecule has 0 bridgehead atoms. The molecule has 0 radical (unpaired) electrons. The average molecular weight is 549 g/mol. The van der Waals surface area contributed by atoms with E-state index in [9.17, 15) is 36.9 Å². The maximum Gasteiger partial charge on any atom is 1.00 e. The predicted molar refractivity (Wildman–Crippen MR) is 120 cm³/mol. The van der Waals surface area contributed by atoms with Crippen molar-refractivity contribution in [3.63, 3.8) is 0 Å². The normalized spacial score (nSPS) is 24.0. The van der Waals surface area contributed by atoms with Crippen LogP contribution in [0.15, 0.2) is 17.5 Å². The van der Waals surface area contributed by atoms with Crippen LogP contribution < -0.4 is 40.2 Å². The summed E-state index contributed by atoms with van der Waals surface area (Å²) in [6.45, 7) is -0.461. The third kappa shape index (κ3) is 6.00. The maximum atomic E-state index is 12.9. The maximum absolute atomic E-state index is 12.9. The summed E-state index contributed by atoms with van der Waals surface area (Å²) in [6.07, 6.45) is 5.31. The molecule has 1 aliphatic carbocycles. The second-order valence-corrected chi connectivity index (χ2v) is 11.2. The number of rotatable bonds is 6. The van der Waals surface area contributed by atoms with E-state index in [2.05, 4.69) is 10.6 Å². The number of likely N-dealkylation sites (tertiary alicyclic amines) is 1. The van der Waals surface area contributed by atoms with Gasteiger partial charge in [0.2, 0.25) is 11.7 Å². The van der Waals surface area contributed by atoms with Gasteiger partial charge in [0, 0.05) is 17.3 Å². The largest absolute Gasteiger partial charge is 1.00 e. The fraction of sp³-hybridized carbons (Fsp3) is 0.571. The van der Waals surface area contributed by atoms with E-state index in [-0.39, 0.29) is 46.3 Å². The van der Waals surface area contributed by atoms with Gasteiger partial charge in [-0.05, 0) is 36.6 Å². The molecule has 3 heterocycles. The molecule has 0 aromatic carbocycles. The fourth-order valence-corrected chi connectivity index (χ4v) is 6.31. The van der Waals surface area contributed by atoms with E-state index < -0.39 is 64.4 Å². The Balaban J connectivity index is 0.00000361. The smallest absolute Gasteiger partial charge is 0.731 e. The van der Waals surface area contributed by atoms with Crippen molar-refractivity contribution < 1.29 is 66.5 Å². The second-order valence-electron chi connectivity index (χ2n) is 8.90. The van der Waals surface area contributed by atoms with Gasteiger partial charge in [-0.15, -0.1) is 11.3 Å². The summed E-state index contributed by atoms with van der Waals surface area (Å²) >= 11 is 1.14. The number of urea groups is 1. The minimum Gasteiger partial charge on any atom is -0.731 e. The number of nitrogens with one attached hydrogen (secondary N) is 2. The molecule has 2 N–H and O–H groups in total. The molecule has 0 spiro atoms. The number of hydrogen-bond acceptors (Lipinski definition) is 9. The number of carbonyl (C=O) groups excluding carboxylic acids is 5. The van der Waals surface area contributed by atoms with Gasteiger partial charge in [0.1, 0.15) is 12.1 Å². The molecule has 1 aromatic heterocycles. The quantitative estimate of drug-likeness (QED) is 0.167. The third-order valence-electron chi connectivity index (χ3n) is 6.76. The third-order valence-corrected chi connectivity index (χ3v) is 8.56. The first-order chi connectivity index (χ1) is 16.6. The summed E-state index contributed by atoms with van der Waals surface area (Å²) in [5.74, 6) is -3.64. The van der Waals surface area contributed by atoms with Crippen molar-refractivity contribution in [3.05, 3.63) is 22.4 Å². The predicted octanol–water partition coefficient (Wildman–Crippen LogP) is -2.71. The van der Waals surface area contributed by atoms with Crippen LogP contribution in [0, 0.1) is 11.8 Å². The molecular formula is C21H25N4NaO8S2. The number of carbonyl (C=O) groups is 5. The zero-order valence-electron chi connectivity index (χ0n) is 19.7. The summed E-state index contributed by atoms with van der Waals surface area (Å²) in [5, 5.41) is 6.43. The molecule has 15 heteroatoms. The van der Waals surface area contributed by atoms with Crippen LogP contribution in [-0.2, 0) is 29.5 Å². The zero-order chi connectivity index (χ0) is 25.3. The number of β-lactam (4-membered cyclic amide) rings is 1. The van der Waals surface area contributed by atoms with Crippen LogP contribution in [0.2, 0.25) is 0 Å². The van der Waals surface area contributed by atoms with Crippen LogP contribution in [0.1, 0.15) is 49.4 Å². The average Bonchev–Trinajstić information content (AvgIpc) is 3.35.